The van der Waals surface area contributed by atoms with E-state index in [0.717, 1.165) is 11.1 Å². The van der Waals surface area contributed by atoms with E-state index >= 15 is 0 Å². The number of benzene rings is 2. The second kappa shape index (κ2) is 13.4. The number of nitrogens with one attached hydrogen (secondary N) is 3. The fourth-order valence-corrected chi connectivity index (χ4v) is 7.30. The molecule has 0 radical (unpaired) electrons. The van der Waals surface area contributed by atoms with Crippen LogP contribution < -0.4 is 20.9 Å². The van der Waals surface area contributed by atoms with Gasteiger partial charge in [0, 0.05) is 29.2 Å². The Labute approximate surface area is 322 Å². The molecule has 7 rings (SSSR count). The number of fused-ring (bicyclic) bond motifs is 1. The minimum absolute atomic E-state index is 0.0946. The zero-order chi connectivity index (χ0) is 38.6. The number of amides is 4. The van der Waals surface area contributed by atoms with Crippen LogP contribution >= 0.6 is 23.2 Å². The molecule has 0 bridgehead atoms. The number of hydrogen-bond acceptors (Lipinski definition) is 8. The van der Waals surface area contributed by atoms with Crippen LogP contribution in [0.5, 0.6) is 0 Å². The van der Waals surface area contributed by atoms with Gasteiger partial charge in [0.2, 0.25) is 11.9 Å². The zero-order valence-corrected chi connectivity index (χ0v) is 31.6. The van der Waals surface area contributed by atoms with Gasteiger partial charge in [0.15, 0.2) is 0 Å². The van der Waals surface area contributed by atoms with Crippen molar-refractivity contribution in [1.82, 2.24) is 30.5 Å². The Morgan fingerprint density at radius 1 is 0.944 bits per heavy atom. The lowest BCUT2D eigenvalue weighted by Gasteiger charge is -2.27. The second-order valence-electron chi connectivity index (χ2n) is 15.3. The number of anilines is 2. The van der Waals surface area contributed by atoms with Crippen molar-refractivity contribution in [3.8, 4) is 6.07 Å². The van der Waals surface area contributed by atoms with Gasteiger partial charge in [-0.3, -0.25) is 23.9 Å². The summed E-state index contributed by atoms with van der Waals surface area (Å²) >= 11 is 12.7. The van der Waals surface area contributed by atoms with E-state index in [1.54, 1.807) is 87.0 Å². The number of nitrogens with zero attached hydrogens (tertiary/aromatic N) is 5. The standard InChI is InChI=1S/C39H38Cl2N8O5/c1-36(2,3)54-35(53)45-21-25-9-14-43-30(15-25)38(10-11-38)47-32(51)39(12-13-39)46-31(50)29-22-44-34-48(28-17-26(40)16-27(41)18-28)33(52)37(4,49(29)34)19-23-5-7-24(20-42)8-6-23/h5-9,14-18,22H,10-13,19,21H2,1-4H3,(H,45,53)(H,46,50)(H,47,51)/t37-/m1/s1. The van der Waals surface area contributed by atoms with Crippen molar-refractivity contribution in [1.29, 1.82) is 5.26 Å². The van der Waals surface area contributed by atoms with Gasteiger partial charge in [-0.05, 0) is 107 Å². The number of carbonyl (C=O) groups is 4. The first kappa shape index (κ1) is 36.9. The van der Waals surface area contributed by atoms with Crippen molar-refractivity contribution in [3.63, 3.8) is 0 Å². The summed E-state index contributed by atoms with van der Waals surface area (Å²) in [6, 6.07) is 17.4. The Morgan fingerprint density at radius 3 is 2.24 bits per heavy atom. The fourth-order valence-electron chi connectivity index (χ4n) is 6.78. The van der Waals surface area contributed by atoms with Gasteiger partial charge >= 0.3 is 6.09 Å². The zero-order valence-electron chi connectivity index (χ0n) is 30.1. The highest BCUT2D eigenvalue weighted by atomic mass is 35.5. The molecule has 0 spiro atoms. The average Bonchev–Trinajstić information content (AvgIpc) is 4.02. The van der Waals surface area contributed by atoms with Crippen molar-refractivity contribution >= 4 is 58.7 Å². The Balaban J connectivity index is 1.12. The van der Waals surface area contributed by atoms with Crippen LogP contribution in [0.2, 0.25) is 10.0 Å². The maximum absolute atomic E-state index is 14.4. The van der Waals surface area contributed by atoms with E-state index in [4.69, 9.17) is 27.9 Å². The van der Waals surface area contributed by atoms with Crippen LogP contribution in [0.25, 0.3) is 0 Å². The van der Waals surface area contributed by atoms with Crippen molar-refractivity contribution in [3.05, 3.63) is 105 Å². The maximum atomic E-state index is 14.4. The Hall–Kier alpha value is -5.45. The molecule has 1 atom stereocenters. The Bertz CT molecular complexity index is 2210. The smallest absolute Gasteiger partial charge is 0.407 e. The number of ether oxygens (including phenoxy) is 1. The summed E-state index contributed by atoms with van der Waals surface area (Å²) in [5.74, 6) is -1.07. The van der Waals surface area contributed by atoms with Crippen molar-refractivity contribution < 1.29 is 23.9 Å². The van der Waals surface area contributed by atoms with Gasteiger partial charge in [0.25, 0.3) is 11.8 Å². The van der Waals surface area contributed by atoms with Gasteiger partial charge in [0.05, 0.1) is 34.7 Å². The molecule has 0 unspecified atom stereocenters. The van der Waals surface area contributed by atoms with E-state index in [2.05, 4.69) is 32.0 Å². The number of aromatic nitrogens is 3. The summed E-state index contributed by atoms with van der Waals surface area (Å²) in [7, 11) is 0. The summed E-state index contributed by atoms with van der Waals surface area (Å²) in [6.07, 6.45) is 4.82. The van der Waals surface area contributed by atoms with Crippen LogP contribution in [0.15, 0.2) is 67.0 Å². The Kier molecular flexibility index (Phi) is 9.18. The first-order valence-electron chi connectivity index (χ1n) is 17.5. The van der Waals surface area contributed by atoms with Crippen molar-refractivity contribution in [2.24, 2.45) is 0 Å². The molecule has 3 aliphatic rings. The van der Waals surface area contributed by atoms with E-state index in [1.807, 2.05) is 6.07 Å². The molecule has 2 fully saturated rings. The van der Waals surface area contributed by atoms with E-state index in [-0.39, 0.29) is 36.4 Å². The lowest BCUT2D eigenvalue weighted by atomic mass is 9.91. The van der Waals surface area contributed by atoms with Crippen LogP contribution in [-0.2, 0) is 38.4 Å². The molecule has 0 saturated heterocycles. The van der Waals surface area contributed by atoms with Crippen LogP contribution in [0.3, 0.4) is 0 Å². The van der Waals surface area contributed by atoms with Crippen LogP contribution in [-0.4, -0.2) is 49.5 Å². The van der Waals surface area contributed by atoms with Gasteiger partial charge in [-0.15, -0.1) is 0 Å². The molecule has 54 heavy (non-hydrogen) atoms. The molecule has 2 aromatic heterocycles. The minimum atomic E-state index is -1.34. The van der Waals surface area contributed by atoms with Crippen molar-refractivity contribution in [2.45, 2.75) is 88.6 Å². The first-order valence-corrected chi connectivity index (χ1v) is 18.3. The molecule has 1 aliphatic heterocycles. The van der Waals surface area contributed by atoms with Gasteiger partial charge in [-0.25, -0.2) is 14.7 Å². The first-order chi connectivity index (χ1) is 25.5. The van der Waals surface area contributed by atoms with Gasteiger partial charge in [-0.1, -0.05) is 35.3 Å². The van der Waals surface area contributed by atoms with Crippen LogP contribution in [0.1, 0.15) is 86.3 Å². The molecule has 278 valence electrons. The highest BCUT2D eigenvalue weighted by Gasteiger charge is 2.57. The highest BCUT2D eigenvalue weighted by Crippen LogP contribution is 2.48. The molecular formula is C39H38Cl2N8O5. The summed E-state index contributed by atoms with van der Waals surface area (Å²) < 4.78 is 6.93. The number of alkyl carbamates (subject to hydrolysis) is 1. The second-order valence-corrected chi connectivity index (χ2v) is 16.2. The predicted octanol–water partition coefficient (Wildman–Crippen LogP) is 6.19. The number of pyridine rings is 1. The largest absolute Gasteiger partial charge is 0.444 e. The van der Waals surface area contributed by atoms with E-state index in [9.17, 15) is 24.4 Å². The topological polar surface area (TPSA) is 171 Å². The summed E-state index contributed by atoms with van der Waals surface area (Å²) in [6.45, 7) is 7.31. The molecule has 2 saturated carbocycles. The predicted molar refractivity (Wildman–Crippen MR) is 200 cm³/mol. The minimum Gasteiger partial charge on any atom is -0.444 e. The van der Waals surface area contributed by atoms with Crippen LogP contribution in [0.4, 0.5) is 16.4 Å². The number of hydrogen-bond donors (Lipinski definition) is 3. The van der Waals surface area contributed by atoms with Gasteiger partial charge in [-0.2, -0.15) is 5.26 Å². The molecule has 4 amide bonds. The fraction of sp³-hybridized carbons (Fsp3) is 0.359. The molecule has 3 heterocycles. The SMILES string of the molecule is CC(C)(C)OC(=O)NCc1ccnc(C2(NC(=O)C3(NC(=O)c4cnc5n4[C@](C)(Cc4ccc(C#N)cc4)C(=O)N5c4cc(Cl)cc(Cl)c4)CC3)CC2)c1. The van der Waals surface area contributed by atoms with E-state index in [1.165, 1.54) is 11.1 Å². The number of imidazole rings is 1. The monoisotopic (exact) mass is 768 g/mol. The number of nitriles is 1. The van der Waals surface area contributed by atoms with Gasteiger partial charge in [0.1, 0.15) is 22.4 Å². The van der Waals surface area contributed by atoms with E-state index in [0.29, 0.717) is 52.7 Å². The lowest BCUT2D eigenvalue weighted by Crippen LogP contribution is -2.52. The Morgan fingerprint density at radius 2 is 1.63 bits per heavy atom. The summed E-state index contributed by atoms with van der Waals surface area (Å²) in [5, 5.41) is 18.8. The lowest BCUT2D eigenvalue weighted by molar-refractivity contribution is -0.125. The number of carbonyl (C=O) groups excluding carboxylic acids is 4. The third kappa shape index (κ3) is 7.11. The third-order valence-corrected chi connectivity index (χ3v) is 10.3. The average molecular weight is 770 g/mol. The highest BCUT2D eigenvalue weighted by molar-refractivity contribution is 6.35. The van der Waals surface area contributed by atoms with Gasteiger partial charge < -0.3 is 20.7 Å². The summed E-state index contributed by atoms with van der Waals surface area (Å²) in [4.78, 5) is 65.2. The van der Waals surface area contributed by atoms with Crippen molar-refractivity contribution in [2.75, 3.05) is 4.90 Å². The molecule has 2 aliphatic carbocycles. The molecular weight excluding hydrogens is 731 g/mol. The number of halogens is 2. The molecule has 2 aromatic carbocycles. The molecule has 4 aromatic rings. The molecule has 15 heteroatoms. The quantitative estimate of drug-likeness (QED) is 0.172. The molecule has 13 nitrogen and oxygen atoms in total. The third-order valence-electron chi connectivity index (χ3n) is 9.86. The summed E-state index contributed by atoms with van der Waals surface area (Å²) in [5.41, 5.74) is -0.681. The van der Waals surface area contributed by atoms with Crippen LogP contribution in [0, 0.1) is 11.3 Å². The normalized spacial score (nSPS) is 19.0. The molecule has 3 N–H and O–H groups in total. The maximum Gasteiger partial charge on any atom is 0.407 e. The van der Waals surface area contributed by atoms with E-state index < -0.39 is 34.2 Å². The number of rotatable bonds is 10.